The Balaban J connectivity index is 0.00000341. The molecular weight excluding hydrogens is 418 g/mol. The predicted molar refractivity (Wildman–Crippen MR) is 120 cm³/mol. The Labute approximate surface area is 209 Å². The Hall–Kier alpha value is -0.770. The van der Waals surface area contributed by atoms with Gasteiger partial charge in [0.2, 0.25) is 0 Å². The van der Waals surface area contributed by atoms with Crippen LogP contribution in [0.4, 0.5) is 0 Å². The number of hydrogen-bond donors (Lipinski definition) is 0. The van der Waals surface area contributed by atoms with Crippen molar-refractivity contribution in [2.75, 3.05) is 0 Å². The third kappa shape index (κ3) is 5.78. The number of aryl methyl sites for hydroxylation is 4. The van der Waals surface area contributed by atoms with Gasteiger partial charge >= 0.3 is 37.4 Å². The Morgan fingerprint density at radius 3 is 1.77 bits per heavy atom. The summed E-state index contributed by atoms with van der Waals surface area (Å²) in [6.07, 6.45) is 4.50. The van der Waals surface area contributed by atoms with Crippen molar-refractivity contribution in [2.24, 2.45) is 5.41 Å². The summed E-state index contributed by atoms with van der Waals surface area (Å²) in [6.45, 7) is 14.6. The van der Waals surface area contributed by atoms with Gasteiger partial charge in [0.25, 0.3) is 0 Å². The Bertz CT molecular complexity index is 934. The molecule has 0 unspecified atom stereocenters. The van der Waals surface area contributed by atoms with Crippen LogP contribution in [0, 0.1) is 33.1 Å². The number of benzene rings is 2. The molecule has 1 aliphatic rings. The quantitative estimate of drug-likeness (QED) is 0.392. The van der Waals surface area contributed by atoms with Crippen LogP contribution in [-0.2, 0) is 4.57 Å². The Kier molecular flexibility index (Phi) is 8.55. The summed E-state index contributed by atoms with van der Waals surface area (Å²) in [4.78, 5) is 12.8. The molecule has 0 spiro atoms. The minimum atomic E-state index is -4.56. The molecule has 31 heavy (non-hydrogen) atoms. The van der Waals surface area contributed by atoms with Gasteiger partial charge in [-0.3, -0.25) is 0 Å². The topological polar surface area (TPSA) is 58.6 Å². The van der Waals surface area contributed by atoms with E-state index in [9.17, 15) is 9.46 Å². The fraction of sp³-hybridized carbons (Fsp3) is 0.520. The van der Waals surface area contributed by atoms with E-state index in [1.807, 2.05) is 39.8 Å². The molecule has 0 atom stereocenters. The molecule has 0 radical (unpaired) electrons. The molecular formula is C25H34NaO4P. The first-order valence-corrected chi connectivity index (χ1v) is 12.3. The smallest absolute Gasteiger partial charge is 0.736 e. The summed E-state index contributed by atoms with van der Waals surface area (Å²) in [7, 11) is -4.56. The summed E-state index contributed by atoms with van der Waals surface area (Å²) in [5, 5.41) is 0. The standard InChI is InChI=1S/C25H35O4P.Na/c1-8-9-10-11-25(6,7)22-20-14-16(2)12-18(4)23(20)28-30(26,27)29-24-19(5)13-17(3)15-21(22)24;/h12-15,22H,8-11H2,1-7H3,(H,26,27);/q;+1/p-1. The molecule has 2 aromatic rings. The number of unbranched alkanes of at least 4 members (excludes halogenated alkanes) is 2. The van der Waals surface area contributed by atoms with Crippen LogP contribution in [0.3, 0.4) is 0 Å². The van der Waals surface area contributed by atoms with Gasteiger partial charge in [0.1, 0.15) is 11.5 Å². The molecule has 0 saturated carbocycles. The van der Waals surface area contributed by atoms with E-state index in [4.69, 9.17) is 9.05 Å². The maximum atomic E-state index is 12.8. The van der Waals surface area contributed by atoms with E-state index >= 15 is 0 Å². The molecule has 0 aliphatic carbocycles. The predicted octanol–water partition coefficient (Wildman–Crippen LogP) is 3.90. The van der Waals surface area contributed by atoms with Crippen LogP contribution in [0.2, 0.25) is 0 Å². The van der Waals surface area contributed by atoms with Gasteiger partial charge < -0.3 is 13.9 Å². The second kappa shape index (κ2) is 10.0. The minimum absolute atomic E-state index is 0. The first-order chi connectivity index (χ1) is 13.9. The van der Waals surface area contributed by atoms with E-state index in [0.29, 0.717) is 11.5 Å². The van der Waals surface area contributed by atoms with Crippen molar-refractivity contribution in [3.05, 3.63) is 57.6 Å². The van der Waals surface area contributed by atoms with Gasteiger partial charge in [0, 0.05) is 17.0 Å². The molecule has 6 heteroatoms. The molecule has 0 fully saturated rings. The van der Waals surface area contributed by atoms with E-state index < -0.39 is 7.82 Å². The Morgan fingerprint density at radius 2 is 1.35 bits per heavy atom. The number of phosphoric acid groups is 1. The summed E-state index contributed by atoms with van der Waals surface area (Å²) in [6, 6.07) is 8.09. The average molecular weight is 453 g/mol. The number of phosphoric ester groups is 1. The van der Waals surface area contributed by atoms with Crippen molar-refractivity contribution in [3.63, 3.8) is 0 Å². The number of hydrogen-bond acceptors (Lipinski definition) is 4. The zero-order valence-corrected chi connectivity index (χ0v) is 23.2. The minimum Gasteiger partial charge on any atom is -0.736 e. The van der Waals surface area contributed by atoms with E-state index in [1.54, 1.807) is 0 Å². The van der Waals surface area contributed by atoms with Crippen molar-refractivity contribution >= 4 is 7.82 Å². The third-order valence-corrected chi connectivity index (χ3v) is 6.94. The van der Waals surface area contributed by atoms with Crippen molar-refractivity contribution < 1.29 is 48.1 Å². The van der Waals surface area contributed by atoms with Crippen LogP contribution in [0.25, 0.3) is 0 Å². The maximum Gasteiger partial charge on any atom is 1.00 e. The monoisotopic (exact) mass is 452 g/mol. The van der Waals surface area contributed by atoms with Crippen molar-refractivity contribution in [2.45, 2.75) is 80.1 Å². The first kappa shape index (κ1) is 26.5. The molecule has 1 heterocycles. The van der Waals surface area contributed by atoms with Gasteiger partial charge in [0.05, 0.1) is 0 Å². The van der Waals surface area contributed by atoms with Gasteiger partial charge in [-0.1, -0.05) is 75.4 Å². The van der Waals surface area contributed by atoms with E-state index in [2.05, 4.69) is 32.9 Å². The normalized spacial score (nSPS) is 20.3. The first-order valence-electron chi connectivity index (χ1n) is 10.9. The van der Waals surface area contributed by atoms with E-state index in [1.165, 1.54) is 6.42 Å². The molecule has 3 rings (SSSR count). The Morgan fingerprint density at radius 1 is 0.903 bits per heavy atom. The van der Waals surface area contributed by atoms with Crippen LogP contribution in [0.1, 0.15) is 85.8 Å². The maximum absolute atomic E-state index is 12.8. The van der Waals surface area contributed by atoms with Crippen LogP contribution in [0.15, 0.2) is 24.3 Å². The van der Waals surface area contributed by atoms with Gasteiger partial charge in [-0.05, 0) is 50.7 Å². The zero-order chi connectivity index (χ0) is 22.3. The van der Waals surface area contributed by atoms with Gasteiger partial charge in [-0.2, -0.15) is 0 Å². The average Bonchev–Trinajstić information content (AvgIpc) is 2.60. The fourth-order valence-electron chi connectivity index (χ4n) is 4.88. The van der Waals surface area contributed by atoms with Gasteiger partial charge in [0.15, 0.2) is 0 Å². The zero-order valence-electron chi connectivity index (χ0n) is 20.3. The molecule has 0 amide bonds. The fourth-order valence-corrected chi connectivity index (χ4v) is 5.86. The number of rotatable bonds is 5. The van der Waals surface area contributed by atoms with Crippen LogP contribution in [0.5, 0.6) is 11.5 Å². The van der Waals surface area contributed by atoms with Crippen LogP contribution in [-0.4, -0.2) is 0 Å². The molecule has 1 aliphatic heterocycles. The van der Waals surface area contributed by atoms with E-state index in [0.717, 1.165) is 52.6 Å². The molecule has 0 saturated heterocycles. The van der Waals surface area contributed by atoms with Crippen LogP contribution >= 0.6 is 7.82 Å². The summed E-state index contributed by atoms with van der Waals surface area (Å²) in [5.41, 5.74) is 5.56. The van der Waals surface area contributed by atoms with E-state index in [-0.39, 0.29) is 40.9 Å². The SMILES string of the molecule is CCCCCC(C)(C)C1c2cc(C)cc(C)c2OP(=O)([O-])Oc2c(C)cc(C)cc21.[Na+]. The summed E-state index contributed by atoms with van der Waals surface area (Å²) in [5.74, 6) is 0.784. The molecule has 0 N–H and O–H groups in total. The van der Waals surface area contributed by atoms with Crippen molar-refractivity contribution in [1.29, 1.82) is 0 Å². The molecule has 0 bridgehead atoms. The van der Waals surface area contributed by atoms with Crippen molar-refractivity contribution in [1.82, 2.24) is 0 Å². The van der Waals surface area contributed by atoms with Gasteiger partial charge in [-0.25, -0.2) is 4.57 Å². The van der Waals surface area contributed by atoms with Gasteiger partial charge in [-0.15, -0.1) is 0 Å². The summed E-state index contributed by atoms with van der Waals surface area (Å²) < 4.78 is 23.9. The second-order valence-electron chi connectivity index (χ2n) is 9.51. The van der Waals surface area contributed by atoms with Crippen molar-refractivity contribution in [3.8, 4) is 11.5 Å². The second-order valence-corrected chi connectivity index (χ2v) is 10.8. The largest absolute Gasteiger partial charge is 1.00 e. The summed E-state index contributed by atoms with van der Waals surface area (Å²) >= 11 is 0. The third-order valence-electron chi connectivity index (χ3n) is 6.13. The van der Waals surface area contributed by atoms with Crippen LogP contribution < -0.4 is 43.5 Å². The molecule has 2 aromatic carbocycles. The molecule has 4 nitrogen and oxygen atoms in total. The molecule has 164 valence electrons. The number of fused-ring (bicyclic) bond motifs is 2. The molecule has 0 aromatic heterocycles.